The van der Waals surface area contributed by atoms with Crippen molar-refractivity contribution in [3.8, 4) is 5.69 Å². The van der Waals surface area contributed by atoms with Crippen molar-refractivity contribution in [3.05, 3.63) is 70.4 Å². The lowest BCUT2D eigenvalue weighted by Gasteiger charge is -2.03. The normalized spacial score (nSPS) is 10.7. The third kappa shape index (κ3) is 2.78. The Bertz CT molecular complexity index is 867. The molecule has 0 fully saturated rings. The molecule has 1 aromatic heterocycles. The summed E-state index contributed by atoms with van der Waals surface area (Å²) in [4.78, 5) is 12.6. The molecule has 0 aliphatic heterocycles. The van der Waals surface area contributed by atoms with Gasteiger partial charge in [-0.15, -0.1) is 0 Å². The molecule has 1 heterocycles. The molecule has 2 aromatic carbocycles. The first kappa shape index (κ1) is 15.1. The third-order valence-electron chi connectivity index (χ3n) is 3.56. The van der Waals surface area contributed by atoms with Crippen LogP contribution in [0.5, 0.6) is 0 Å². The van der Waals surface area contributed by atoms with Crippen molar-refractivity contribution in [1.82, 2.24) is 9.78 Å². The van der Waals surface area contributed by atoms with E-state index in [0.29, 0.717) is 16.3 Å². The monoisotopic (exact) mass is 326 g/mol. The summed E-state index contributed by atoms with van der Waals surface area (Å²) in [6.07, 6.45) is 0. The van der Waals surface area contributed by atoms with E-state index in [0.717, 1.165) is 5.56 Å². The second-order valence-corrected chi connectivity index (χ2v) is 5.67. The quantitative estimate of drug-likeness (QED) is 0.723. The fourth-order valence-corrected chi connectivity index (χ4v) is 2.36. The van der Waals surface area contributed by atoms with Gasteiger partial charge in [-0.05, 0) is 31.2 Å². The van der Waals surface area contributed by atoms with Gasteiger partial charge < -0.3 is 11.5 Å². The van der Waals surface area contributed by atoms with Crippen molar-refractivity contribution in [1.29, 1.82) is 0 Å². The molecule has 23 heavy (non-hydrogen) atoms. The molecule has 0 spiro atoms. The fraction of sp³-hybridized carbons (Fsp3) is 0.0588. The van der Waals surface area contributed by atoms with E-state index in [1.54, 1.807) is 36.4 Å². The Morgan fingerprint density at radius 2 is 1.65 bits per heavy atom. The van der Waals surface area contributed by atoms with Crippen molar-refractivity contribution in [3.63, 3.8) is 0 Å². The highest BCUT2D eigenvalue weighted by Crippen LogP contribution is 2.26. The molecule has 0 atom stereocenters. The number of hydrogen-bond donors (Lipinski definition) is 2. The van der Waals surface area contributed by atoms with E-state index < -0.39 is 0 Å². The van der Waals surface area contributed by atoms with Crippen LogP contribution in [-0.2, 0) is 0 Å². The summed E-state index contributed by atoms with van der Waals surface area (Å²) in [5.41, 5.74) is 14.6. The van der Waals surface area contributed by atoms with Crippen LogP contribution in [0.15, 0.2) is 48.5 Å². The van der Waals surface area contributed by atoms with Crippen LogP contribution in [0.1, 0.15) is 21.6 Å². The second-order valence-electron chi connectivity index (χ2n) is 5.23. The maximum absolute atomic E-state index is 12.6. The molecule has 3 rings (SSSR count). The Labute approximate surface area is 138 Å². The minimum Gasteiger partial charge on any atom is -0.394 e. The topological polar surface area (TPSA) is 86.9 Å². The number of carbonyl (C=O) groups excluding carboxylic acids is 1. The summed E-state index contributed by atoms with van der Waals surface area (Å²) < 4.78 is 1.44. The summed E-state index contributed by atoms with van der Waals surface area (Å²) in [6, 6.07) is 14.2. The molecule has 0 bridgehead atoms. The molecule has 4 N–H and O–H groups in total. The van der Waals surface area contributed by atoms with Crippen molar-refractivity contribution >= 4 is 28.9 Å². The SMILES string of the molecule is Cc1ccc(C(=O)c2nn(-c3ccc(Cl)cc3)c(N)c2N)cc1. The lowest BCUT2D eigenvalue weighted by Crippen LogP contribution is -2.06. The van der Waals surface area contributed by atoms with Crippen molar-refractivity contribution in [2.45, 2.75) is 6.92 Å². The van der Waals surface area contributed by atoms with Crippen LogP contribution >= 0.6 is 11.6 Å². The van der Waals surface area contributed by atoms with E-state index in [9.17, 15) is 4.79 Å². The first-order valence-corrected chi connectivity index (χ1v) is 7.36. The maximum Gasteiger partial charge on any atom is 0.215 e. The molecule has 0 saturated carbocycles. The van der Waals surface area contributed by atoms with Gasteiger partial charge in [0.15, 0.2) is 11.5 Å². The Hall–Kier alpha value is -2.79. The van der Waals surface area contributed by atoms with Crippen LogP contribution < -0.4 is 11.5 Å². The molecule has 0 aliphatic carbocycles. The molecule has 116 valence electrons. The average Bonchev–Trinajstić information content (AvgIpc) is 2.84. The lowest BCUT2D eigenvalue weighted by molar-refractivity contribution is 0.103. The van der Waals surface area contributed by atoms with E-state index in [-0.39, 0.29) is 23.0 Å². The van der Waals surface area contributed by atoms with Crippen LogP contribution in [0.25, 0.3) is 5.69 Å². The van der Waals surface area contributed by atoms with Gasteiger partial charge in [-0.25, -0.2) is 4.68 Å². The Balaban J connectivity index is 2.04. The predicted molar refractivity (Wildman–Crippen MR) is 92.0 cm³/mol. The third-order valence-corrected chi connectivity index (χ3v) is 3.81. The number of halogens is 1. The zero-order valence-corrected chi connectivity index (χ0v) is 13.2. The fourth-order valence-electron chi connectivity index (χ4n) is 2.23. The van der Waals surface area contributed by atoms with E-state index >= 15 is 0 Å². The minimum atomic E-state index is -0.262. The zero-order valence-electron chi connectivity index (χ0n) is 12.5. The highest BCUT2D eigenvalue weighted by Gasteiger charge is 2.21. The van der Waals surface area contributed by atoms with Gasteiger partial charge in [0.2, 0.25) is 5.78 Å². The van der Waals surface area contributed by atoms with Crippen molar-refractivity contribution in [2.24, 2.45) is 0 Å². The zero-order chi connectivity index (χ0) is 16.6. The second kappa shape index (κ2) is 5.78. The van der Waals surface area contributed by atoms with Gasteiger partial charge in [-0.1, -0.05) is 41.4 Å². The van der Waals surface area contributed by atoms with Crippen LogP contribution in [0.3, 0.4) is 0 Å². The highest BCUT2D eigenvalue weighted by molar-refractivity contribution is 6.30. The smallest absolute Gasteiger partial charge is 0.215 e. The van der Waals surface area contributed by atoms with Gasteiger partial charge >= 0.3 is 0 Å². The van der Waals surface area contributed by atoms with E-state index in [4.69, 9.17) is 23.1 Å². The molecule has 6 heteroatoms. The predicted octanol–water partition coefficient (Wildman–Crippen LogP) is 3.23. The first-order valence-electron chi connectivity index (χ1n) is 6.98. The molecular formula is C17H15ClN4O. The number of nitrogen functional groups attached to an aromatic ring is 2. The number of aryl methyl sites for hydroxylation is 1. The van der Waals surface area contributed by atoms with Gasteiger partial charge in [-0.3, -0.25) is 4.79 Å². The Morgan fingerprint density at radius 1 is 1.04 bits per heavy atom. The maximum atomic E-state index is 12.6. The number of aromatic nitrogens is 2. The van der Waals surface area contributed by atoms with Gasteiger partial charge in [0.25, 0.3) is 0 Å². The summed E-state index contributed by atoms with van der Waals surface area (Å²) in [5, 5.41) is 4.88. The van der Waals surface area contributed by atoms with Crippen LogP contribution in [-0.4, -0.2) is 15.6 Å². The minimum absolute atomic E-state index is 0.140. The number of benzene rings is 2. The number of rotatable bonds is 3. The Morgan fingerprint density at radius 3 is 2.26 bits per heavy atom. The molecule has 0 radical (unpaired) electrons. The van der Waals surface area contributed by atoms with Crippen LogP contribution in [0.4, 0.5) is 11.5 Å². The summed E-state index contributed by atoms with van der Waals surface area (Å²) in [5.74, 6) is -0.0373. The van der Waals surface area contributed by atoms with Crippen molar-refractivity contribution < 1.29 is 4.79 Å². The van der Waals surface area contributed by atoms with E-state index in [1.165, 1.54) is 4.68 Å². The molecule has 0 unspecified atom stereocenters. The molecule has 0 amide bonds. The van der Waals surface area contributed by atoms with Gasteiger partial charge in [0.1, 0.15) is 5.69 Å². The van der Waals surface area contributed by atoms with E-state index in [2.05, 4.69) is 5.10 Å². The molecule has 0 saturated heterocycles. The molecular weight excluding hydrogens is 312 g/mol. The van der Waals surface area contributed by atoms with Crippen LogP contribution in [0.2, 0.25) is 5.02 Å². The summed E-state index contributed by atoms with van der Waals surface area (Å²) in [6.45, 7) is 1.95. The Kier molecular flexibility index (Phi) is 3.80. The highest BCUT2D eigenvalue weighted by atomic mass is 35.5. The van der Waals surface area contributed by atoms with Gasteiger partial charge in [-0.2, -0.15) is 5.10 Å². The lowest BCUT2D eigenvalue weighted by atomic mass is 10.1. The van der Waals surface area contributed by atoms with Crippen LogP contribution in [0, 0.1) is 6.92 Å². The number of anilines is 2. The van der Waals surface area contributed by atoms with Gasteiger partial charge in [0.05, 0.1) is 5.69 Å². The van der Waals surface area contributed by atoms with Gasteiger partial charge in [0, 0.05) is 10.6 Å². The number of hydrogen-bond acceptors (Lipinski definition) is 4. The summed E-state index contributed by atoms with van der Waals surface area (Å²) in [7, 11) is 0. The number of nitrogens with zero attached hydrogens (tertiary/aromatic N) is 2. The average molecular weight is 327 g/mol. The van der Waals surface area contributed by atoms with Crippen molar-refractivity contribution in [2.75, 3.05) is 11.5 Å². The van der Waals surface area contributed by atoms with E-state index in [1.807, 2.05) is 19.1 Å². The molecule has 5 nitrogen and oxygen atoms in total. The molecule has 0 aliphatic rings. The largest absolute Gasteiger partial charge is 0.394 e. The number of nitrogens with two attached hydrogens (primary N) is 2. The summed E-state index contributed by atoms with van der Waals surface area (Å²) >= 11 is 5.88. The molecule has 3 aromatic rings. The first-order chi connectivity index (χ1) is 11.0. The standard InChI is InChI=1S/C17H15ClN4O/c1-10-2-4-11(5-3-10)16(23)15-14(19)17(20)22(21-15)13-8-6-12(18)7-9-13/h2-9H,19-20H2,1H3. The number of ketones is 1. The number of carbonyl (C=O) groups is 1.